The summed E-state index contributed by atoms with van der Waals surface area (Å²) in [5, 5.41) is 23.5. The summed E-state index contributed by atoms with van der Waals surface area (Å²) < 4.78 is 5.49. The molecule has 0 aliphatic heterocycles. The number of hydrogen-bond donors (Lipinski definition) is 3. The van der Waals surface area contributed by atoms with Crippen molar-refractivity contribution in [3.8, 4) is 0 Å². The maximum Gasteiger partial charge on any atom is 0.305 e. The van der Waals surface area contributed by atoms with Crippen molar-refractivity contribution >= 4 is 11.9 Å². The number of aliphatic hydroxyl groups excluding tert-OH is 2. The number of carbonyl (C=O) groups is 2. The fourth-order valence-corrected chi connectivity index (χ4v) is 12.4. The van der Waals surface area contributed by atoms with Crippen LogP contribution in [0.2, 0.25) is 0 Å². The zero-order valence-corrected chi connectivity index (χ0v) is 55.6. The zero-order chi connectivity index (χ0) is 58.5. The van der Waals surface area contributed by atoms with Gasteiger partial charge in [-0.2, -0.15) is 0 Å². The summed E-state index contributed by atoms with van der Waals surface area (Å²) >= 11 is 0. The van der Waals surface area contributed by atoms with Crippen LogP contribution in [0, 0.1) is 0 Å². The SMILES string of the molecule is CCCCCCCCCCCCCCCCCCCCCCCCC(O)C(CO)NC(=O)CCCCCCCCCCCCCCCCCCCCCCCCCCCCCCCCOC(=O)CCCCCCCCCCCCCC. The van der Waals surface area contributed by atoms with Crippen molar-refractivity contribution in [2.75, 3.05) is 13.2 Å². The summed E-state index contributed by atoms with van der Waals surface area (Å²) in [4.78, 5) is 24.6. The van der Waals surface area contributed by atoms with Crippen LogP contribution in [0.25, 0.3) is 0 Å². The topological polar surface area (TPSA) is 95.9 Å². The molecule has 2 unspecified atom stereocenters. The van der Waals surface area contributed by atoms with Gasteiger partial charge < -0.3 is 20.3 Å². The van der Waals surface area contributed by atoms with Crippen LogP contribution in [-0.2, 0) is 14.3 Å². The molecule has 1 amide bonds. The molecular weight excluding hydrogens is 995 g/mol. The van der Waals surface area contributed by atoms with E-state index in [9.17, 15) is 19.8 Å². The van der Waals surface area contributed by atoms with Gasteiger partial charge in [-0.25, -0.2) is 0 Å². The summed E-state index contributed by atoms with van der Waals surface area (Å²) in [6.45, 7) is 5.01. The maximum atomic E-state index is 12.6. The number of rotatable bonds is 72. The van der Waals surface area contributed by atoms with E-state index in [1.54, 1.807) is 0 Å². The summed E-state index contributed by atoms with van der Waals surface area (Å²) in [7, 11) is 0. The Balaban J connectivity index is 3.33. The molecule has 0 saturated carbocycles. The lowest BCUT2D eigenvalue weighted by Gasteiger charge is -2.22. The summed E-state index contributed by atoms with van der Waals surface area (Å²) in [6.07, 6.45) is 87.5. The van der Waals surface area contributed by atoms with E-state index in [0.717, 1.165) is 38.5 Å². The molecule has 0 aliphatic rings. The molecule has 0 radical (unpaired) electrons. The monoisotopic (exact) mass is 1140 g/mol. The molecule has 0 rings (SSSR count). The van der Waals surface area contributed by atoms with Gasteiger partial charge in [-0.05, 0) is 25.7 Å². The Labute approximate surface area is 508 Å². The molecular formula is C75H149NO5. The van der Waals surface area contributed by atoms with E-state index in [-0.39, 0.29) is 18.5 Å². The van der Waals surface area contributed by atoms with Gasteiger partial charge in [0.15, 0.2) is 0 Å². The molecule has 0 saturated heterocycles. The number of amides is 1. The zero-order valence-electron chi connectivity index (χ0n) is 55.6. The highest BCUT2D eigenvalue weighted by Crippen LogP contribution is 2.20. The minimum absolute atomic E-state index is 0.0222. The Morgan fingerprint density at radius 3 is 0.753 bits per heavy atom. The first-order valence-electron chi connectivity index (χ1n) is 37.8. The predicted molar refractivity (Wildman–Crippen MR) is 357 cm³/mol. The Kier molecular flexibility index (Phi) is 70.3. The van der Waals surface area contributed by atoms with Gasteiger partial charge in [0.25, 0.3) is 0 Å². The van der Waals surface area contributed by atoms with Gasteiger partial charge in [0.2, 0.25) is 5.91 Å². The largest absolute Gasteiger partial charge is 0.466 e. The molecule has 6 nitrogen and oxygen atoms in total. The third-order valence-corrected chi connectivity index (χ3v) is 18.2. The van der Waals surface area contributed by atoms with Crippen molar-refractivity contribution in [2.45, 2.75) is 456 Å². The number of carbonyl (C=O) groups excluding carboxylic acids is 2. The van der Waals surface area contributed by atoms with Crippen LogP contribution in [0.3, 0.4) is 0 Å². The van der Waals surface area contributed by atoms with E-state index < -0.39 is 12.1 Å². The molecule has 0 aromatic heterocycles. The highest BCUT2D eigenvalue weighted by Gasteiger charge is 2.20. The first kappa shape index (κ1) is 79.9. The normalized spacial score (nSPS) is 12.4. The Bertz CT molecular complexity index is 1180. The Hall–Kier alpha value is -1.14. The average molecular weight is 1150 g/mol. The lowest BCUT2D eigenvalue weighted by molar-refractivity contribution is -0.143. The van der Waals surface area contributed by atoms with Gasteiger partial charge in [0.1, 0.15) is 0 Å². The van der Waals surface area contributed by atoms with Gasteiger partial charge in [-0.15, -0.1) is 0 Å². The highest BCUT2D eigenvalue weighted by atomic mass is 16.5. The number of ether oxygens (including phenoxy) is 1. The first-order valence-corrected chi connectivity index (χ1v) is 37.8. The van der Waals surface area contributed by atoms with Crippen molar-refractivity contribution in [3.63, 3.8) is 0 Å². The molecule has 81 heavy (non-hydrogen) atoms. The second-order valence-electron chi connectivity index (χ2n) is 26.4. The van der Waals surface area contributed by atoms with Crippen molar-refractivity contribution in [1.29, 1.82) is 0 Å². The molecule has 6 heteroatoms. The van der Waals surface area contributed by atoms with E-state index in [0.29, 0.717) is 25.9 Å². The maximum absolute atomic E-state index is 12.6. The quantitative estimate of drug-likeness (QED) is 0.0417. The minimum Gasteiger partial charge on any atom is -0.466 e. The molecule has 0 aromatic rings. The molecule has 0 fully saturated rings. The predicted octanol–water partition coefficient (Wildman–Crippen LogP) is 24.5. The molecule has 0 bridgehead atoms. The third kappa shape index (κ3) is 67.9. The average Bonchev–Trinajstić information content (AvgIpc) is 3.47. The third-order valence-electron chi connectivity index (χ3n) is 18.2. The standard InChI is InChI=1S/C75H149NO5/c1-3-5-7-9-11-13-15-17-18-19-20-21-32-35-38-41-44-47-51-55-59-63-67-73(78)72(71-77)76-74(79)68-64-60-56-52-48-45-42-39-36-33-30-28-26-24-22-23-25-27-29-31-34-37-40-43-46-50-54-58-62-66-70-81-75(80)69-65-61-57-53-49-16-14-12-10-8-6-4-2/h72-73,77-78H,3-71H2,1-2H3,(H,76,79). The van der Waals surface area contributed by atoms with Crippen LogP contribution in [0.15, 0.2) is 0 Å². The summed E-state index contributed by atoms with van der Waals surface area (Å²) in [5.74, 6) is -0.00287. The van der Waals surface area contributed by atoms with Gasteiger partial charge >= 0.3 is 5.97 Å². The van der Waals surface area contributed by atoms with Crippen molar-refractivity contribution in [3.05, 3.63) is 0 Å². The Morgan fingerprint density at radius 2 is 0.506 bits per heavy atom. The summed E-state index contributed by atoms with van der Waals surface area (Å²) in [5.41, 5.74) is 0. The number of hydrogen-bond acceptors (Lipinski definition) is 5. The van der Waals surface area contributed by atoms with Gasteiger partial charge in [-0.1, -0.05) is 406 Å². The second kappa shape index (κ2) is 71.3. The smallest absolute Gasteiger partial charge is 0.305 e. The van der Waals surface area contributed by atoms with Crippen molar-refractivity contribution in [1.82, 2.24) is 5.32 Å². The number of esters is 1. The second-order valence-corrected chi connectivity index (χ2v) is 26.4. The minimum atomic E-state index is -0.662. The number of nitrogens with one attached hydrogen (secondary N) is 1. The van der Waals surface area contributed by atoms with E-state index in [1.807, 2.05) is 0 Å². The van der Waals surface area contributed by atoms with Gasteiger partial charge in [0.05, 0.1) is 25.4 Å². The van der Waals surface area contributed by atoms with Crippen LogP contribution < -0.4 is 5.32 Å². The fourth-order valence-electron chi connectivity index (χ4n) is 12.4. The van der Waals surface area contributed by atoms with E-state index in [4.69, 9.17) is 4.74 Å². The van der Waals surface area contributed by atoms with Crippen molar-refractivity contribution < 1.29 is 24.5 Å². The molecule has 3 N–H and O–H groups in total. The van der Waals surface area contributed by atoms with Crippen LogP contribution in [-0.4, -0.2) is 47.4 Å². The van der Waals surface area contributed by atoms with Crippen LogP contribution in [0.5, 0.6) is 0 Å². The van der Waals surface area contributed by atoms with Crippen LogP contribution in [0.1, 0.15) is 444 Å². The number of aliphatic hydroxyl groups is 2. The molecule has 2 atom stereocenters. The van der Waals surface area contributed by atoms with Crippen molar-refractivity contribution in [2.24, 2.45) is 0 Å². The molecule has 484 valence electrons. The summed E-state index contributed by atoms with van der Waals surface area (Å²) in [6, 6.07) is -0.538. The van der Waals surface area contributed by atoms with E-state index in [2.05, 4.69) is 19.2 Å². The molecule has 0 spiro atoms. The van der Waals surface area contributed by atoms with Crippen LogP contribution in [0.4, 0.5) is 0 Å². The van der Waals surface area contributed by atoms with Gasteiger partial charge in [0, 0.05) is 12.8 Å². The van der Waals surface area contributed by atoms with Gasteiger partial charge in [-0.3, -0.25) is 9.59 Å². The van der Waals surface area contributed by atoms with E-state index in [1.165, 1.54) is 372 Å². The molecule has 0 aromatic carbocycles. The Morgan fingerprint density at radius 1 is 0.296 bits per heavy atom. The first-order chi connectivity index (χ1) is 40.0. The van der Waals surface area contributed by atoms with E-state index >= 15 is 0 Å². The highest BCUT2D eigenvalue weighted by molar-refractivity contribution is 5.76. The lowest BCUT2D eigenvalue weighted by atomic mass is 10.0. The lowest BCUT2D eigenvalue weighted by Crippen LogP contribution is -2.45. The fraction of sp³-hybridized carbons (Fsp3) is 0.973. The molecule has 0 heterocycles. The molecule has 0 aliphatic carbocycles. The number of unbranched alkanes of at least 4 members (excludes halogenated alkanes) is 61. The van der Waals surface area contributed by atoms with Crippen LogP contribution >= 0.6 is 0 Å².